The summed E-state index contributed by atoms with van der Waals surface area (Å²) in [5.74, 6) is -1.20. The fraction of sp³-hybridized carbons (Fsp3) is 0.214. The zero-order chi connectivity index (χ0) is 17.7. The second kappa shape index (κ2) is 7.55. The van der Waals surface area contributed by atoms with Crippen LogP contribution in [0.5, 0.6) is 0 Å². The van der Waals surface area contributed by atoms with Crippen LogP contribution in [0.25, 0.3) is 0 Å². The molecular weight excluding hydrogens is 338 g/mol. The predicted octanol–water partition coefficient (Wildman–Crippen LogP) is 3.06. The molecule has 0 aliphatic heterocycles. The van der Waals surface area contributed by atoms with E-state index in [0.29, 0.717) is 10.7 Å². The molecule has 126 valence electrons. The highest BCUT2D eigenvalue weighted by atomic mass is 35.5. The lowest BCUT2D eigenvalue weighted by Crippen LogP contribution is -2.29. The van der Waals surface area contributed by atoms with Gasteiger partial charge in [-0.05, 0) is 30.7 Å². The number of carbonyl (C=O) groups is 1. The van der Waals surface area contributed by atoms with Crippen LogP contribution in [0.3, 0.4) is 0 Å². The van der Waals surface area contributed by atoms with E-state index in [1.165, 1.54) is 0 Å². The van der Waals surface area contributed by atoms with Gasteiger partial charge in [0.2, 0.25) is 11.8 Å². The van der Waals surface area contributed by atoms with Crippen LogP contribution in [0.15, 0.2) is 30.5 Å². The van der Waals surface area contributed by atoms with Gasteiger partial charge in [-0.3, -0.25) is 10.1 Å². The van der Waals surface area contributed by atoms with Crippen molar-refractivity contribution >= 4 is 40.7 Å². The highest BCUT2D eigenvalue weighted by Crippen LogP contribution is 2.25. The lowest BCUT2D eigenvalue weighted by molar-refractivity contribution is -0.384. The van der Waals surface area contributed by atoms with Crippen LogP contribution in [0.1, 0.15) is 13.3 Å². The van der Waals surface area contributed by atoms with Gasteiger partial charge in [0.25, 0.3) is 0 Å². The van der Waals surface area contributed by atoms with Crippen molar-refractivity contribution in [3.05, 3.63) is 45.6 Å². The number of carboxylic acid groups (broad SMARTS) is 1. The SMILES string of the molecule is CCC(Nc1nc(Nc2ccc(Cl)cc2)ncc1[N+](=O)[O-])C(=O)O. The fourth-order valence-electron chi connectivity index (χ4n) is 1.84. The molecule has 10 heteroatoms. The number of anilines is 3. The van der Waals surface area contributed by atoms with Crippen molar-refractivity contribution in [2.75, 3.05) is 10.6 Å². The van der Waals surface area contributed by atoms with Crippen LogP contribution in [0.4, 0.5) is 23.1 Å². The van der Waals surface area contributed by atoms with E-state index in [1.54, 1.807) is 31.2 Å². The number of hydrogen-bond acceptors (Lipinski definition) is 7. The standard InChI is InChI=1S/C14H14ClN5O4/c1-2-10(13(21)22)18-12-11(20(23)24)7-16-14(19-12)17-9-5-3-8(15)4-6-9/h3-7,10H,2H2,1H3,(H,21,22)(H2,16,17,18,19). The second-order valence-electron chi connectivity index (χ2n) is 4.76. The van der Waals surface area contributed by atoms with Crippen LogP contribution in [-0.2, 0) is 4.79 Å². The van der Waals surface area contributed by atoms with Gasteiger partial charge in [-0.15, -0.1) is 0 Å². The van der Waals surface area contributed by atoms with Gasteiger partial charge < -0.3 is 15.7 Å². The second-order valence-corrected chi connectivity index (χ2v) is 5.20. The zero-order valence-electron chi connectivity index (χ0n) is 12.6. The minimum absolute atomic E-state index is 0.0886. The van der Waals surface area contributed by atoms with Gasteiger partial charge >= 0.3 is 11.7 Å². The van der Waals surface area contributed by atoms with E-state index in [0.717, 1.165) is 6.20 Å². The summed E-state index contributed by atoms with van der Waals surface area (Å²) in [6, 6.07) is 5.69. The zero-order valence-corrected chi connectivity index (χ0v) is 13.3. The fourth-order valence-corrected chi connectivity index (χ4v) is 1.97. The average molecular weight is 352 g/mol. The number of halogens is 1. The van der Waals surface area contributed by atoms with E-state index in [9.17, 15) is 14.9 Å². The number of aliphatic carboxylic acids is 1. The molecule has 1 atom stereocenters. The number of nitrogens with one attached hydrogen (secondary N) is 2. The maximum atomic E-state index is 11.1. The molecule has 0 amide bonds. The lowest BCUT2D eigenvalue weighted by atomic mass is 10.2. The van der Waals surface area contributed by atoms with E-state index in [4.69, 9.17) is 16.7 Å². The quantitative estimate of drug-likeness (QED) is 0.512. The Morgan fingerprint density at radius 2 is 2.08 bits per heavy atom. The molecule has 24 heavy (non-hydrogen) atoms. The predicted molar refractivity (Wildman–Crippen MR) is 88.8 cm³/mol. The van der Waals surface area contributed by atoms with Crippen molar-refractivity contribution in [3.8, 4) is 0 Å². The van der Waals surface area contributed by atoms with Crippen LogP contribution < -0.4 is 10.6 Å². The topological polar surface area (TPSA) is 130 Å². The average Bonchev–Trinajstić information content (AvgIpc) is 2.54. The third-order valence-electron chi connectivity index (χ3n) is 3.08. The van der Waals surface area contributed by atoms with Gasteiger partial charge in [0.05, 0.1) is 4.92 Å². The summed E-state index contributed by atoms with van der Waals surface area (Å²) in [6.07, 6.45) is 1.25. The first-order chi connectivity index (χ1) is 11.4. The Kier molecular flexibility index (Phi) is 5.48. The summed E-state index contributed by atoms with van der Waals surface area (Å²) in [5, 5.41) is 26.1. The third-order valence-corrected chi connectivity index (χ3v) is 3.34. The largest absolute Gasteiger partial charge is 0.480 e. The Labute approximate surface area is 141 Å². The molecule has 1 unspecified atom stereocenters. The molecule has 0 aliphatic rings. The van der Waals surface area contributed by atoms with Gasteiger partial charge in [-0.1, -0.05) is 18.5 Å². The van der Waals surface area contributed by atoms with Crippen molar-refractivity contribution in [2.45, 2.75) is 19.4 Å². The summed E-state index contributed by atoms with van der Waals surface area (Å²) in [7, 11) is 0. The van der Waals surface area contributed by atoms with Gasteiger partial charge in [0.1, 0.15) is 12.2 Å². The third kappa shape index (κ3) is 4.29. The molecule has 0 saturated heterocycles. The van der Waals surface area contributed by atoms with E-state index in [-0.39, 0.29) is 18.2 Å². The first-order valence-corrected chi connectivity index (χ1v) is 7.32. The number of nitrogens with zero attached hydrogens (tertiary/aromatic N) is 3. The number of aromatic nitrogens is 2. The van der Waals surface area contributed by atoms with Crippen LogP contribution in [0.2, 0.25) is 5.02 Å². The van der Waals surface area contributed by atoms with E-state index in [1.807, 2.05) is 0 Å². The molecule has 1 aromatic carbocycles. The number of nitro groups is 1. The number of benzene rings is 1. The van der Waals surface area contributed by atoms with Crippen LogP contribution in [0, 0.1) is 10.1 Å². The molecule has 2 rings (SSSR count). The molecule has 0 spiro atoms. The summed E-state index contributed by atoms with van der Waals surface area (Å²) in [6.45, 7) is 1.64. The summed E-state index contributed by atoms with van der Waals surface area (Å²) in [4.78, 5) is 29.4. The molecule has 0 fully saturated rings. The lowest BCUT2D eigenvalue weighted by Gasteiger charge is -2.13. The van der Waals surface area contributed by atoms with Crippen molar-refractivity contribution in [3.63, 3.8) is 0 Å². The highest BCUT2D eigenvalue weighted by molar-refractivity contribution is 6.30. The molecule has 0 bridgehead atoms. The smallest absolute Gasteiger partial charge is 0.329 e. The Hall–Kier alpha value is -2.94. The summed E-state index contributed by atoms with van der Waals surface area (Å²) >= 11 is 5.80. The monoisotopic (exact) mass is 351 g/mol. The Bertz CT molecular complexity index is 753. The normalized spacial score (nSPS) is 11.6. The van der Waals surface area contributed by atoms with Crippen molar-refractivity contribution in [1.29, 1.82) is 0 Å². The van der Waals surface area contributed by atoms with Crippen molar-refractivity contribution < 1.29 is 14.8 Å². The minimum atomic E-state index is -1.13. The van der Waals surface area contributed by atoms with Gasteiger partial charge in [0, 0.05) is 10.7 Å². The molecule has 0 saturated carbocycles. The Morgan fingerprint density at radius 1 is 1.42 bits per heavy atom. The number of hydrogen-bond donors (Lipinski definition) is 3. The molecule has 9 nitrogen and oxygen atoms in total. The molecule has 2 aromatic rings. The van der Waals surface area contributed by atoms with Crippen molar-refractivity contribution in [1.82, 2.24) is 9.97 Å². The Balaban J connectivity index is 2.31. The van der Waals surface area contributed by atoms with E-state index < -0.39 is 22.6 Å². The van der Waals surface area contributed by atoms with Crippen molar-refractivity contribution in [2.24, 2.45) is 0 Å². The summed E-state index contributed by atoms with van der Waals surface area (Å²) < 4.78 is 0. The van der Waals surface area contributed by atoms with Crippen LogP contribution in [-0.4, -0.2) is 32.0 Å². The first kappa shape index (κ1) is 17.4. The molecule has 0 radical (unpaired) electrons. The maximum Gasteiger partial charge on any atom is 0.329 e. The van der Waals surface area contributed by atoms with Gasteiger partial charge in [-0.25, -0.2) is 9.78 Å². The molecule has 1 aromatic heterocycles. The number of carboxylic acids is 1. The van der Waals surface area contributed by atoms with E-state index >= 15 is 0 Å². The summed E-state index contributed by atoms with van der Waals surface area (Å²) in [5.41, 5.74) is 0.223. The molecule has 0 aliphatic carbocycles. The maximum absolute atomic E-state index is 11.1. The van der Waals surface area contributed by atoms with Gasteiger partial charge in [0.15, 0.2) is 0 Å². The Morgan fingerprint density at radius 3 is 2.62 bits per heavy atom. The first-order valence-electron chi connectivity index (χ1n) is 6.94. The molecular formula is C14H14ClN5O4. The minimum Gasteiger partial charge on any atom is -0.480 e. The molecule has 1 heterocycles. The highest BCUT2D eigenvalue weighted by Gasteiger charge is 2.23. The number of rotatable bonds is 7. The van der Waals surface area contributed by atoms with E-state index in [2.05, 4.69) is 20.6 Å². The van der Waals surface area contributed by atoms with Crippen LogP contribution >= 0.6 is 11.6 Å². The molecule has 3 N–H and O–H groups in total. The van der Waals surface area contributed by atoms with Gasteiger partial charge in [-0.2, -0.15) is 4.98 Å².